The molecule has 1 aliphatic heterocycles. The van der Waals surface area contributed by atoms with Crippen LogP contribution in [0.25, 0.3) is 0 Å². The van der Waals surface area contributed by atoms with Crippen LogP contribution in [0, 0.1) is 0 Å². The second-order valence-electron chi connectivity index (χ2n) is 7.86. The van der Waals surface area contributed by atoms with Gasteiger partial charge in [-0.1, -0.05) is 48.5 Å². The first-order chi connectivity index (χ1) is 12.8. The summed E-state index contributed by atoms with van der Waals surface area (Å²) in [6.07, 6.45) is 4.72. The summed E-state index contributed by atoms with van der Waals surface area (Å²) in [7, 11) is 0. The Morgan fingerprint density at radius 2 is 1.62 bits per heavy atom. The van der Waals surface area contributed by atoms with E-state index in [-0.39, 0.29) is 0 Å². The van der Waals surface area contributed by atoms with Crippen LogP contribution in [0.4, 0.5) is 0 Å². The lowest BCUT2D eigenvalue weighted by molar-refractivity contribution is 0.201. The van der Waals surface area contributed by atoms with Gasteiger partial charge in [0.05, 0.1) is 0 Å². The topological polar surface area (TPSA) is 32.5 Å². The highest BCUT2D eigenvalue weighted by molar-refractivity contribution is 5.33. The zero-order valence-corrected chi connectivity index (χ0v) is 15.7. The van der Waals surface area contributed by atoms with Gasteiger partial charge in [0, 0.05) is 25.7 Å². The van der Waals surface area contributed by atoms with Gasteiger partial charge in [0.1, 0.15) is 0 Å². The fourth-order valence-electron chi connectivity index (χ4n) is 4.62. The summed E-state index contributed by atoms with van der Waals surface area (Å²) in [6.45, 7) is 6.61. The molecule has 1 saturated heterocycles. The molecule has 3 heteroatoms. The highest BCUT2D eigenvalue weighted by Crippen LogP contribution is 2.26. The van der Waals surface area contributed by atoms with E-state index in [4.69, 9.17) is 5.73 Å². The Labute approximate surface area is 157 Å². The summed E-state index contributed by atoms with van der Waals surface area (Å²) in [5.41, 5.74) is 11.6. The molecule has 0 radical (unpaired) electrons. The summed E-state index contributed by atoms with van der Waals surface area (Å²) in [4.78, 5) is 5.37. The van der Waals surface area contributed by atoms with Gasteiger partial charge in [0.25, 0.3) is 0 Å². The first-order valence-electron chi connectivity index (χ1n) is 10.1. The molecule has 2 N–H and O–H groups in total. The predicted octanol–water partition coefficient (Wildman–Crippen LogP) is 2.86. The lowest BCUT2D eigenvalue weighted by Gasteiger charge is -2.27. The lowest BCUT2D eigenvalue weighted by atomic mass is 10.1. The third-order valence-electron chi connectivity index (χ3n) is 6.00. The number of hydrogen-bond acceptors (Lipinski definition) is 3. The second-order valence-corrected chi connectivity index (χ2v) is 7.86. The van der Waals surface area contributed by atoms with Crippen LogP contribution in [0.2, 0.25) is 0 Å². The zero-order valence-electron chi connectivity index (χ0n) is 15.7. The number of nitrogens with two attached hydrogens (primary N) is 1. The smallest absolute Gasteiger partial charge is 0.0234 e. The fourth-order valence-corrected chi connectivity index (χ4v) is 4.62. The summed E-state index contributed by atoms with van der Waals surface area (Å²) >= 11 is 0. The molecule has 4 rings (SSSR count). The Morgan fingerprint density at radius 1 is 0.846 bits per heavy atom. The Balaban J connectivity index is 1.33. The Hall–Kier alpha value is -1.68. The molecule has 0 bridgehead atoms. The summed E-state index contributed by atoms with van der Waals surface area (Å²) < 4.78 is 0. The van der Waals surface area contributed by atoms with Crippen LogP contribution in [0.15, 0.2) is 48.5 Å². The van der Waals surface area contributed by atoms with Crippen LogP contribution in [0.1, 0.15) is 28.7 Å². The van der Waals surface area contributed by atoms with Gasteiger partial charge in [-0.25, -0.2) is 0 Å². The molecule has 0 atom stereocenters. The van der Waals surface area contributed by atoms with Crippen molar-refractivity contribution in [3.63, 3.8) is 0 Å². The maximum absolute atomic E-state index is 5.71. The molecule has 138 valence electrons. The first-order valence-corrected chi connectivity index (χ1v) is 10.1. The molecule has 1 heterocycles. The van der Waals surface area contributed by atoms with Crippen molar-refractivity contribution in [2.24, 2.45) is 5.73 Å². The van der Waals surface area contributed by atoms with Crippen molar-refractivity contribution in [2.75, 3.05) is 32.7 Å². The maximum atomic E-state index is 5.71. The Morgan fingerprint density at radius 3 is 2.38 bits per heavy atom. The van der Waals surface area contributed by atoms with E-state index in [1.54, 1.807) is 11.1 Å². The number of benzene rings is 2. The number of fused-ring (bicyclic) bond motifs is 1. The van der Waals surface area contributed by atoms with Gasteiger partial charge < -0.3 is 5.73 Å². The molecule has 2 aromatic rings. The highest BCUT2D eigenvalue weighted by Gasteiger charge is 2.27. The molecule has 2 aliphatic rings. The van der Waals surface area contributed by atoms with Crippen molar-refractivity contribution in [3.8, 4) is 0 Å². The van der Waals surface area contributed by atoms with Crippen molar-refractivity contribution >= 4 is 0 Å². The van der Waals surface area contributed by atoms with Crippen LogP contribution in [-0.4, -0.2) is 48.6 Å². The minimum absolute atomic E-state index is 0.709. The molecule has 1 fully saturated rings. The molecule has 2 aromatic carbocycles. The minimum atomic E-state index is 0.709. The first kappa shape index (κ1) is 17.7. The van der Waals surface area contributed by atoms with Crippen LogP contribution >= 0.6 is 0 Å². The molecular weight excluding hydrogens is 318 g/mol. The van der Waals surface area contributed by atoms with E-state index in [1.807, 2.05) is 0 Å². The fraction of sp³-hybridized carbons (Fsp3) is 0.478. The second kappa shape index (κ2) is 8.34. The van der Waals surface area contributed by atoms with E-state index < -0.39 is 0 Å². The molecule has 0 amide bonds. The van der Waals surface area contributed by atoms with E-state index in [2.05, 4.69) is 58.3 Å². The Kier molecular flexibility index (Phi) is 5.68. The lowest BCUT2D eigenvalue weighted by Crippen LogP contribution is -2.38. The normalized spacial score (nSPS) is 19.4. The van der Waals surface area contributed by atoms with Gasteiger partial charge in [-0.05, 0) is 67.6 Å². The third-order valence-corrected chi connectivity index (χ3v) is 6.00. The maximum Gasteiger partial charge on any atom is 0.0234 e. The van der Waals surface area contributed by atoms with Crippen molar-refractivity contribution in [1.82, 2.24) is 9.80 Å². The van der Waals surface area contributed by atoms with E-state index in [1.165, 1.54) is 56.6 Å². The molecule has 0 saturated carbocycles. The average molecular weight is 350 g/mol. The minimum Gasteiger partial charge on any atom is -0.330 e. The monoisotopic (exact) mass is 349 g/mol. The van der Waals surface area contributed by atoms with Crippen molar-refractivity contribution in [1.29, 1.82) is 0 Å². The van der Waals surface area contributed by atoms with Crippen LogP contribution in [-0.2, 0) is 25.8 Å². The quantitative estimate of drug-likeness (QED) is 0.901. The highest BCUT2D eigenvalue weighted by atomic mass is 15.2. The van der Waals surface area contributed by atoms with Crippen LogP contribution < -0.4 is 5.73 Å². The molecule has 3 nitrogen and oxygen atoms in total. The summed E-state index contributed by atoms with van der Waals surface area (Å²) in [6, 6.07) is 18.7. The number of rotatable bonds is 5. The van der Waals surface area contributed by atoms with E-state index >= 15 is 0 Å². The molecule has 0 aromatic heterocycles. The molecule has 1 aliphatic carbocycles. The summed E-state index contributed by atoms with van der Waals surface area (Å²) in [5.74, 6) is 0. The van der Waals surface area contributed by atoms with Crippen molar-refractivity contribution in [2.45, 2.75) is 38.3 Å². The van der Waals surface area contributed by atoms with E-state index in [9.17, 15) is 0 Å². The standard InChI is InChI=1S/C23H31N3/c24-10-9-19-5-3-6-20(15-19)18-25-11-4-12-26(14-13-25)23-16-21-7-1-2-8-22(21)17-23/h1-3,5-8,15,23H,4,9-14,16-18,24H2. The van der Waals surface area contributed by atoms with Gasteiger partial charge in [-0.15, -0.1) is 0 Å². The molecular formula is C23H31N3. The van der Waals surface area contributed by atoms with E-state index in [0.29, 0.717) is 6.04 Å². The molecule has 26 heavy (non-hydrogen) atoms. The SMILES string of the molecule is NCCc1cccc(CN2CCCN(C3Cc4ccccc4C3)CC2)c1. The molecule has 0 spiro atoms. The van der Waals surface area contributed by atoms with Crippen molar-refractivity contribution in [3.05, 3.63) is 70.8 Å². The summed E-state index contributed by atoms with van der Waals surface area (Å²) in [5, 5.41) is 0. The van der Waals surface area contributed by atoms with Gasteiger partial charge >= 0.3 is 0 Å². The average Bonchev–Trinajstić information content (AvgIpc) is 2.95. The largest absolute Gasteiger partial charge is 0.330 e. The van der Waals surface area contributed by atoms with Gasteiger partial charge in [-0.3, -0.25) is 9.80 Å². The third kappa shape index (κ3) is 4.17. The van der Waals surface area contributed by atoms with Crippen molar-refractivity contribution < 1.29 is 0 Å². The van der Waals surface area contributed by atoms with E-state index in [0.717, 1.165) is 19.5 Å². The van der Waals surface area contributed by atoms with Gasteiger partial charge in [0.15, 0.2) is 0 Å². The van der Waals surface area contributed by atoms with Crippen LogP contribution in [0.3, 0.4) is 0 Å². The molecule has 0 unspecified atom stereocenters. The Bertz CT molecular complexity index is 702. The number of hydrogen-bond donors (Lipinski definition) is 1. The predicted molar refractivity (Wildman–Crippen MR) is 108 cm³/mol. The van der Waals surface area contributed by atoms with Crippen LogP contribution in [0.5, 0.6) is 0 Å². The van der Waals surface area contributed by atoms with Gasteiger partial charge in [-0.2, -0.15) is 0 Å². The zero-order chi connectivity index (χ0) is 17.8. The number of nitrogens with zero attached hydrogens (tertiary/aromatic N) is 2. The van der Waals surface area contributed by atoms with Gasteiger partial charge in [0.2, 0.25) is 0 Å².